The van der Waals surface area contributed by atoms with Crippen molar-refractivity contribution in [2.75, 3.05) is 6.61 Å². The zero-order valence-electron chi connectivity index (χ0n) is 13.5. The van der Waals surface area contributed by atoms with Crippen LogP contribution < -0.4 is 4.74 Å². The number of rotatable bonds is 5. The highest BCUT2D eigenvalue weighted by molar-refractivity contribution is 5.67. The molecule has 4 rings (SSSR count). The molecule has 8 nitrogen and oxygen atoms in total. The average molecular weight is 333 g/mol. The van der Waals surface area contributed by atoms with Gasteiger partial charge in [-0.05, 0) is 30.3 Å². The van der Waals surface area contributed by atoms with Gasteiger partial charge in [0.1, 0.15) is 11.4 Å². The molecule has 0 unspecified atom stereocenters. The molecular weight excluding hydrogens is 318 g/mol. The van der Waals surface area contributed by atoms with Crippen molar-refractivity contribution < 1.29 is 4.74 Å². The van der Waals surface area contributed by atoms with Crippen LogP contribution in [0, 0.1) is 0 Å². The molecule has 2 aromatic heterocycles. The fourth-order valence-electron chi connectivity index (χ4n) is 2.51. The molecule has 0 amide bonds. The molecule has 8 heteroatoms. The number of H-pyrrole nitrogens is 1. The number of aromatic nitrogens is 7. The Kier molecular flexibility index (Phi) is 3.91. The minimum atomic E-state index is 0.540. The predicted octanol–water partition coefficient (Wildman–Crippen LogP) is 2.51. The van der Waals surface area contributed by atoms with Crippen molar-refractivity contribution in [3.05, 3.63) is 54.7 Å². The Morgan fingerprint density at radius 3 is 2.76 bits per heavy atom. The van der Waals surface area contributed by atoms with E-state index in [2.05, 4.69) is 30.9 Å². The fraction of sp³-hybridized carbons (Fsp3) is 0.118. The quantitative estimate of drug-likeness (QED) is 0.603. The zero-order chi connectivity index (χ0) is 17.1. The van der Waals surface area contributed by atoms with E-state index in [0.717, 1.165) is 28.3 Å². The number of tetrazole rings is 1. The first-order valence-electron chi connectivity index (χ1n) is 7.83. The second-order valence-corrected chi connectivity index (χ2v) is 5.29. The smallest absolute Gasteiger partial charge is 0.204 e. The molecule has 0 fully saturated rings. The van der Waals surface area contributed by atoms with Crippen LogP contribution in [0.1, 0.15) is 6.92 Å². The first kappa shape index (κ1) is 15.0. The monoisotopic (exact) mass is 333 g/mol. The van der Waals surface area contributed by atoms with E-state index < -0.39 is 0 Å². The van der Waals surface area contributed by atoms with Crippen LogP contribution in [-0.2, 0) is 0 Å². The van der Waals surface area contributed by atoms with Crippen molar-refractivity contribution in [1.29, 1.82) is 0 Å². The third kappa shape index (κ3) is 3.09. The molecular formula is C17H15N7O. The van der Waals surface area contributed by atoms with Crippen molar-refractivity contribution in [3.63, 3.8) is 0 Å². The van der Waals surface area contributed by atoms with Gasteiger partial charge in [-0.2, -0.15) is 5.21 Å². The van der Waals surface area contributed by atoms with Gasteiger partial charge >= 0.3 is 0 Å². The Labute approximate surface area is 143 Å². The first-order valence-corrected chi connectivity index (χ1v) is 7.83. The molecule has 0 spiro atoms. The summed E-state index contributed by atoms with van der Waals surface area (Å²) in [6, 6.07) is 15.5. The second-order valence-electron chi connectivity index (χ2n) is 5.29. The van der Waals surface area contributed by atoms with Crippen LogP contribution in [0.3, 0.4) is 0 Å². The van der Waals surface area contributed by atoms with Crippen molar-refractivity contribution in [2.45, 2.75) is 6.92 Å². The summed E-state index contributed by atoms with van der Waals surface area (Å²) in [7, 11) is 0. The molecule has 0 saturated carbocycles. The number of aromatic amines is 1. The van der Waals surface area contributed by atoms with Gasteiger partial charge in [0.25, 0.3) is 0 Å². The summed E-state index contributed by atoms with van der Waals surface area (Å²) in [5.41, 5.74) is 3.43. The number of nitrogens with one attached hydrogen (secondary N) is 1. The summed E-state index contributed by atoms with van der Waals surface area (Å²) >= 11 is 0. The van der Waals surface area contributed by atoms with E-state index in [1.165, 1.54) is 0 Å². The molecule has 0 atom stereocenters. The Morgan fingerprint density at radius 2 is 1.92 bits per heavy atom. The van der Waals surface area contributed by atoms with Crippen LogP contribution in [0.5, 0.6) is 5.75 Å². The van der Waals surface area contributed by atoms with Crippen LogP contribution in [0.25, 0.3) is 28.3 Å². The molecule has 0 saturated heterocycles. The first-order chi connectivity index (χ1) is 12.3. The van der Waals surface area contributed by atoms with Crippen LogP contribution in [0.4, 0.5) is 0 Å². The summed E-state index contributed by atoms with van der Waals surface area (Å²) in [5.74, 6) is 1.34. The lowest BCUT2D eigenvalue weighted by Gasteiger charge is -2.05. The van der Waals surface area contributed by atoms with E-state index in [1.54, 1.807) is 4.68 Å². The summed E-state index contributed by atoms with van der Waals surface area (Å²) < 4.78 is 7.25. The maximum Gasteiger partial charge on any atom is 0.204 e. The van der Waals surface area contributed by atoms with E-state index in [9.17, 15) is 0 Å². The molecule has 25 heavy (non-hydrogen) atoms. The Hall–Kier alpha value is -3.55. The van der Waals surface area contributed by atoms with E-state index in [-0.39, 0.29) is 0 Å². The molecule has 124 valence electrons. The fourth-order valence-corrected chi connectivity index (χ4v) is 2.51. The molecule has 4 aromatic rings. The van der Waals surface area contributed by atoms with Crippen LogP contribution >= 0.6 is 0 Å². The van der Waals surface area contributed by atoms with Crippen molar-refractivity contribution in [2.24, 2.45) is 0 Å². The maximum atomic E-state index is 5.53. The minimum absolute atomic E-state index is 0.540. The van der Waals surface area contributed by atoms with Gasteiger partial charge in [-0.3, -0.25) is 0 Å². The molecule has 0 aliphatic rings. The van der Waals surface area contributed by atoms with Gasteiger partial charge in [-0.15, -0.1) is 15.3 Å². The van der Waals surface area contributed by atoms with Crippen LogP contribution in [0.15, 0.2) is 54.7 Å². The van der Waals surface area contributed by atoms with Crippen LogP contribution in [-0.4, -0.2) is 42.2 Å². The SMILES string of the molecule is CCOc1cccc(-n2cc(-c3cccc(-c4nn[nH]n4)c3)nn2)c1. The van der Waals surface area contributed by atoms with Gasteiger partial charge in [0.15, 0.2) is 0 Å². The topological polar surface area (TPSA) is 94.4 Å². The highest BCUT2D eigenvalue weighted by Crippen LogP contribution is 2.23. The van der Waals surface area contributed by atoms with E-state index in [1.807, 2.05) is 61.7 Å². The van der Waals surface area contributed by atoms with E-state index >= 15 is 0 Å². The van der Waals surface area contributed by atoms with Gasteiger partial charge in [0.2, 0.25) is 5.82 Å². The lowest BCUT2D eigenvalue weighted by Crippen LogP contribution is -1.97. The van der Waals surface area contributed by atoms with Gasteiger partial charge in [0, 0.05) is 17.2 Å². The lowest BCUT2D eigenvalue weighted by atomic mass is 10.1. The lowest BCUT2D eigenvalue weighted by molar-refractivity contribution is 0.340. The number of nitrogens with zero attached hydrogens (tertiary/aromatic N) is 6. The number of hydrogen-bond donors (Lipinski definition) is 1. The minimum Gasteiger partial charge on any atom is -0.494 e. The highest BCUT2D eigenvalue weighted by atomic mass is 16.5. The Bertz CT molecular complexity index is 978. The van der Waals surface area contributed by atoms with Crippen molar-refractivity contribution in [3.8, 4) is 34.1 Å². The standard InChI is InChI=1S/C17H15N7O/c1-2-25-15-8-4-7-14(10-15)24-11-16(18-23-24)12-5-3-6-13(9-12)17-19-21-22-20-17/h3-11H,2H2,1H3,(H,19,20,21,22). The summed E-state index contributed by atoms with van der Waals surface area (Å²) in [4.78, 5) is 0. The maximum absolute atomic E-state index is 5.53. The predicted molar refractivity (Wildman–Crippen MR) is 91.1 cm³/mol. The van der Waals surface area contributed by atoms with Gasteiger partial charge in [0.05, 0.1) is 18.5 Å². The molecule has 0 bridgehead atoms. The number of benzene rings is 2. The largest absolute Gasteiger partial charge is 0.494 e. The summed E-state index contributed by atoms with van der Waals surface area (Å²) in [6.07, 6.45) is 1.88. The Morgan fingerprint density at radius 1 is 1.04 bits per heavy atom. The molecule has 2 aromatic carbocycles. The second kappa shape index (κ2) is 6.52. The van der Waals surface area contributed by atoms with Gasteiger partial charge < -0.3 is 4.74 Å². The normalized spacial score (nSPS) is 10.8. The summed E-state index contributed by atoms with van der Waals surface area (Å²) in [5, 5.41) is 22.5. The highest BCUT2D eigenvalue weighted by Gasteiger charge is 2.09. The Balaban J connectivity index is 1.66. The molecule has 0 aliphatic heterocycles. The third-order valence-electron chi connectivity index (χ3n) is 3.65. The van der Waals surface area contributed by atoms with Crippen molar-refractivity contribution >= 4 is 0 Å². The molecule has 0 radical (unpaired) electrons. The molecule has 2 heterocycles. The van der Waals surface area contributed by atoms with Gasteiger partial charge in [-0.1, -0.05) is 29.5 Å². The molecule has 1 N–H and O–H groups in total. The van der Waals surface area contributed by atoms with Crippen molar-refractivity contribution in [1.82, 2.24) is 35.6 Å². The zero-order valence-corrected chi connectivity index (χ0v) is 13.5. The summed E-state index contributed by atoms with van der Waals surface area (Å²) in [6.45, 7) is 2.58. The number of hydrogen-bond acceptors (Lipinski definition) is 6. The van der Waals surface area contributed by atoms with Gasteiger partial charge in [-0.25, -0.2) is 4.68 Å². The van der Waals surface area contributed by atoms with Crippen LogP contribution in [0.2, 0.25) is 0 Å². The third-order valence-corrected chi connectivity index (χ3v) is 3.65. The van der Waals surface area contributed by atoms with E-state index in [0.29, 0.717) is 12.4 Å². The molecule has 0 aliphatic carbocycles. The average Bonchev–Trinajstić information content (AvgIpc) is 3.35. The van der Waals surface area contributed by atoms with E-state index in [4.69, 9.17) is 4.74 Å². The number of ether oxygens (including phenoxy) is 1.